The second-order valence-corrected chi connectivity index (χ2v) is 5.86. The van der Waals surface area contributed by atoms with Gasteiger partial charge in [-0.15, -0.1) is 0 Å². The van der Waals surface area contributed by atoms with Crippen molar-refractivity contribution in [3.8, 4) is 0 Å². The summed E-state index contributed by atoms with van der Waals surface area (Å²) in [6.45, 7) is 6.63. The molecule has 1 atom stereocenters. The Balaban J connectivity index is 2.59. The third-order valence-corrected chi connectivity index (χ3v) is 3.83. The molecule has 1 aromatic carbocycles. The van der Waals surface area contributed by atoms with Gasteiger partial charge in [-0.2, -0.15) is 5.10 Å². The van der Waals surface area contributed by atoms with Crippen molar-refractivity contribution in [2.45, 2.75) is 32.9 Å². The maximum atomic E-state index is 14.4. The summed E-state index contributed by atoms with van der Waals surface area (Å²) < 4.78 is 16.2. The molecule has 1 unspecified atom stereocenters. The van der Waals surface area contributed by atoms with Crippen LogP contribution in [-0.4, -0.2) is 16.3 Å². The van der Waals surface area contributed by atoms with Gasteiger partial charge in [0, 0.05) is 11.6 Å². The lowest BCUT2D eigenvalue weighted by Crippen LogP contribution is -2.26. The van der Waals surface area contributed by atoms with E-state index in [9.17, 15) is 4.39 Å². The summed E-state index contributed by atoms with van der Waals surface area (Å²) in [5.41, 5.74) is 1.21. The van der Waals surface area contributed by atoms with E-state index in [0.29, 0.717) is 17.1 Å². The predicted molar refractivity (Wildman–Crippen MR) is 84.6 cm³/mol. The van der Waals surface area contributed by atoms with Gasteiger partial charge < -0.3 is 5.32 Å². The fraction of sp³-hybridized carbons (Fsp3) is 0.400. The van der Waals surface area contributed by atoms with E-state index in [4.69, 9.17) is 23.2 Å². The van der Waals surface area contributed by atoms with Gasteiger partial charge in [-0.05, 0) is 26.5 Å². The summed E-state index contributed by atoms with van der Waals surface area (Å²) in [6.07, 6.45) is 1.59. The van der Waals surface area contributed by atoms with Crippen molar-refractivity contribution in [1.82, 2.24) is 15.1 Å². The van der Waals surface area contributed by atoms with Crippen molar-refractivity contribution in [1.29, 1.82) is 0 Å². The van der Waals surface area contributed by atoms with Gasteiger partial charge in [-0.25, -0.2) is 4.39 Å². The minimum atomic E-state index is -0.433. The van der Waals surface area contributed by atoms with Gasteiger partial charge in [0.15, 0.2) is 0 Å². The first-order chi connectivity index (χ1) is 9.97. The highest BCUT2D eigenvalue weighted by Gasteiger charge is 2.25. The normalized spacial score (nSPS) is 12.9. The molecule has 2 rings (SSSR count). The Morgan fingerprint density at radius 3 is 2.62 bits per heavy atom. The average Bonchev–Trinajstić information content (AvgIpc) is 2.82. The molecule has 0 bridgehead atoms. The topological polar surface area (TPSA) is 29.9 Å². The van der Waals surface area contributed by atoms with Crippen molar-refractivity contribution in [3.63, 3.8) is 0 Å². The van der Waals surface area contributed by atoms with Crippen molar-refractivity contribution < 1.29 is 4.39 Å². The molecule has 2 aromatic rings. The molecule has 0 saturated carbocycles. The molecule has 0 aliphatic rings. The monoisotopic (exact) mass is 329 g/mol. The van der Waals surface area contributed by atoms with Gasteiger partial charge in [0.1, 0.15) is 5.82 Å². The van der Waals surface area contributed by atoms with Crippen LogP contribution in [0.4, 0.5) is 4.39 Å². The number of nitrogens with one attached hydrogen (secondary N) is 1. The molecular formula is C15H18Cl2FN3. The molecule has 0 amide bonds. The number of aromatic nitrogens is 2. The second-order valence-electron chi connectivity index (χ2n) is 5.05. The smallest absolute Gasteiger partial charge is 0.146 e. The minimum Gasteiger partial charge on any atom is -0.305 e. The molecule has 1 heterocycles. The van der Waals surface area contributed by atoms with Gasteiger partial charge >= 0.3 is 0 Å². The highest BCUT2D eigenvalue weighted by molar-refractivity contribution is 6.31. The Morgan fingerprint density at radius 2 is 2.00 bits per heavy atom. The third-order valence-electron chi connectivity index (χ3n) is 3.25. The number of hydrogen-bond donors (Lipinski definition) is 1. The molecule has 0 saturated heterocycles. The largest absolute Gasteiger partial charge is 0.305 e. The lowest BCUT2D eigenvalue weighted by atomic mass is 10.0. The van der Waals surface area contributed by atoms with Gasteiger partial charge in [0.2, 0.25) is 0 Å². The van der Waals surface area contributed by atoms with Crippen LogP contribution in [0.2, 0.25) is 10.0 Å². The Kier molecular flexibility index (Phi) is 5.25. The van der Waals surface area contributed by atoms with Crippen LogP contribution in [0.15, 0.2) is 24.4 Å². The highest BCUT2D eigenvalue weighted by atomic mass is 35.5. The lowest BCUT2D eigenvalue weighted by molar-refractivity contribution is 0.467. The summed E-state index contributed by atoms with van der Waals surface area (Å²) in [4.78, 5) is 0. The minimum absolute atomic E-state index is 0.0992. The summed E-state index contributed by atoms with van der Waals surface area (Å²) in [5.74, 6) is -0.433. The van der Waals surface area contributed by atoms with E-state index in [1.165, 1.54) is 6.07 Å². The van der Waals surface area contributed by atoms with E-state index in [1.807, 2.05) is 20.8 Å². The average molecular weight is 330 g/mol. The fourth-order valence-electron chi connectivity index (χ4n) is 2.33. The zero-order valence-corrected chi connectivity index (χ0v) is 13.7. The van der Waals surface area contributed by atoms with Gasteiger partial charge in [-0.3, -0.25) is 4.68 Å². The van der Waals surface area contributed by atoms with Crippen molar-refractivity contribution in [2.24, 2.45) is 0 Å². The number of hydrogen-bond acceptors (Lipinski definition) is 2. The SMILES string of the molecule is CCNC(c1cccc(Cl)c1F)c1c(Cl)cnn1C(C)C. The predicted octanol–water partition coefficient (Wildman–Crippen LogP) is 4.61. The molecule has 21 heavy (non-hydrogen) atoms. The van der Waals surface area contributed by atoms with Crippen LogP contribution in [0.25, 0.3) is 0 Å². The second kappa shape index (κ2) is 6.77. The van der Waals surface area contributed by atoms with Crippen molar-refractivity contribution in [2.75, 3.05) is 6.54 Å². The van der Waals surface area contributed by atoms with Crippen LogP contribution in [0.5, 0.6) is 0 Å². The molecule has 114 valence electrons. The van der Waals surface area contributed by atoms with Crippen LogP contribution < -0.4 is 5.32 Å². The van der Waals surface area contributed by atoms with Gasteiger partial charge in [-0.1, -0.05) is 42.3 Å². The molecule has 0 aliphatic carbocycles. The fourth-order valence-corrected chi connectivity index (χ4v) is 2.75. The van der Waals surface area contributed by atoms with E-state index in [1.54, 1.807) is 23.0 Å². The van der Waals surface area contributed by atoms with Crippen LogP contribution >= 0.6 is 23.2 Å². The van der Waals surface area contributed by atoms with E-state index >= 15 is 0 Å². The molecule has 0 spiro atoms. The Bertz CT molecular complexity index is 625. The van der Waals surface area contributed by atoms with Crippen LogP contribution in [-0.2, 0) is 0 Å². The number of rotatable bonds is 5. The molecule has 6 heteroatoms. The number of nitrogens with zero attached hydrogens (tertiary/aromatic N) is 2. The maximum absolute atomic E-state index is 14.4. The standard InChI is InChI=1S/C15H18Cl2FN3/c1-4-19-14(10-6-5-7-11(16)13(10)18)15-12(17)8-20-21(15)9(2)3/h5-9,14,19H,4H2,1-3H3. The highest BCUT2D eigenvalue weighted by Crippen LogP contribution is 2.33. The van der Waals surface area contributed by atoms with Crippen molar-refractivity contribution >= 4 is 23.2 Å². The zero-order chi connectivity index (χ0) is 15.6. The quantitative estimate of drug-likeness (QED) is 0.868. The summed E-state index contributed by atoms with van der Waals surface area (Å²) in [6, 6.07) is 4.70. The number of halogens is 3. The first-order valence-corrected chi connectivity index (χ1v) is 7.63. The molecule has 3 nitrogen and oxygen atoms in total. The van der Waals surface area contributed by atoms with Crippen molar-refractivity contribution in [3.05, 3.63) is 51.5 Å². The molecule has 0 fully saturated rings. The molecule has 1 N–H and O–H groups in total. The van der Waals surface area contributed by atoms with Gasteiger partial charge in [0.25, 0.3) is 0 Å². The molecule has 0 radical (unpaired) electrons. The van der Waals surface area contributed by atoms with Crippen LogP contribution in [0.3, 0.4) is 0 Å². The van der Waals surface area contributed by atoms with Crippen LogP contribution in [0.1, 0.15) is 44.1 Å². The first kappa shape index (κ1) is 16.3. The van der Waals surface area contributed by atoms with E-state index in [0.717, 1.165) is 5.69 Å². The zero-order valence-electron chi connectivity index (χ0n) is 12.2. The summed E-state index contributed by atoms with van der Waals surface area (Å²) in [7, 11) is 0. The molecule has 0 aliphatic heterocycles. The summed E-state index contributed by atoms with van der Waals surface area (Å²) >= 11 is 12.2. The molecule has 1 aromatic heterocycles. The summed E-state index contributed by atoms with van der Waals surface area (Å²) in [5, 5.41) is 8.15. The maximum Gasteiger partial charge on any atom is 0.146 e. The number of benzene rings is 1. The van der Waals surface area contributed by atoms with E-state index in [-0.39, 0.29) is 11.1 Å². The van der Waals surface area contributed by atoms with Gasteiger partial charge in [0.05, 0.1) is 28.0 Å². The van der Waals surface area contributed by atoms with E-state index in [2.05, 4.69) is 10.4 Å². The first-order valence-electron chi connectivity index (χ1n) is 6.87. The third kappa shape index (κ3) is 3.23. The molecular weight excluding hydrogens is 312 g/mol. The Morgan fingerprint density at radius 1 is 1.29 bits per heavy atom. The van der Waals surface area contributed by atoms with E-state index < -0.39 is 11.9 Å². The Hall–Kier alpha value is -1.10. The van der Waals surface area contributed by atoms with Crippen LogP contribution in [0, 0.1) is 5.82 Å². The Labute approximate surface area is 134 Å². The lowest BCUT2D eigenvalue weighted by Gasteiger charge is -2.23.